The number of para-hydroxylation sites is 1. The Balaban J connectivity index is 1.86. The van der Waals surface area contributed by atoms with E-state index in [1.807, 2.05) is 30.3 Å². The van der Waals surface area contributed by atoms with Gasteiger partial charge in [-0.15, -0.1) is 0 Å². The van der Waals surface area contributed by atoms with Crippen LogP contribution in [-0.4, -0.2) is 19.3 Å². The molecule has 0 aliphatic carbocycles. The molecule has 4 rings (SSSR count). The van der Waals surface area contributed by atoms with Gasteiger partial charge in [0.05, 0.1) is 11.1 Å². The van der Waals surface area contributed by atoms with Gasteiger partial charge in [0.25, 0.3) is 0 Å². The standard InChI is InChI=1S/C21H17ClFNO3S/c22-18-10-5-11-20-21(18)27-14-19(16-7-2-1-3-8-16)24(28(20,25)26)13-15-6-4-9-17(23)12-15/h1-12,19H,13-14H2. The van der Waals surface area contributed by atoms with Gasteiger partial charge < -0.3 is 4.74 Å². The first-order valence-electron chi connectivity index (χ1n) is 8.69. The normalized spacial score (nSPS) is 18.7. The Kier molecular flexibility index (Phi) is 5.10. The van der Waals surface area contributed by atoms with E-state index in [4.69, 9.17) is 16.3 Å². The molecular weight excluding hydrogens is 401 g/mol. The zero-order valence-electron chi connectivity index (χ0n) is 14.8. The minimum atomic E-state index is -3.95. The summed E-state index contributed by atoms with van der Waals surface area (Å²) in [6, 6.07) is 19.2. The van der Waals surface area contributed by atoms with Gasteiger partial charge in [0.1, 0.15) is 17.3 Å². The number of nitrogens with zero attached hydrogens (tertiary/aromatic N) is 1. The van der Waals surface area contributed by atoms with Crippen LogP contribution in [0.5, 0.6) is 5.75 Å². The summed E-state index contributed by atoms with van der Waals surface area (Å²) in [4.78, 5) is 0.00911. The fourth-order valence-electron chi connectivity index (χ4n) is 3.32. The smallest absolute Gasteiger partial charge is 0.247 e. The Hall–Kier alpha value is -2.41. The highest BCUT2D eigenvalue weighted by atomic mass is 35.5. The molecule has 4 nitrogen and oxygen atoms in total. The van der Waals surface area contributed by atoms with Crippen molar-refractivity contribution >= 4 is 21.6 Å². The van der Waals surface area contributed by atoms with Gasteiger partial charge in [-0.1, -0.05) is 60.1 Å². The molecule has 0 saturated carbocycles. The molecule has 0 bridgehead atoms. The molecule has 0 fully saturated rings. The third-order valence-electron chi connectivity index (χ3n) is 4.66. The second-order valence-electron chi connectivity index (χ2n) is 6.48. The predicted molar refractivity (Wildman–Crippen MR) is 105 cm³/mol. The van der Waals surface area contributed by atoms with Crippen molar-refractivity contribution in [2.75, 3.05) is 6.61 Å². The maximum absolute atomic E-state index is 13.7. The third-order valence-corrected chi connectivity index (χ3v) is 6.84. The van der Waals surface area contributed by atoms with Crippen molar-refractivity contribution in [2.45, 2.75) is 17.5 Å². The molecule has 0 amide bonds. The second kappa shape index (κ2) is 7.54. The fraction of sp³-hybridized carbons (Fsp3) is 0.143. The first-order valence-corrected chi connectivity index (χ1v) is 10.5. The van der Waals surface area contributed by atoms with E-state index in [9.17, 15) is 12.8 Å². The lowest BCUT2D eigenvalue weighted by Crippen LogP contribution is -2.35. The summed E-state index contributed by atoms with van der Waals surface area (Å²) >= 11 is 6.21. The van der Waals surface area contributed by atoms with E-state index >= 15 is 0 Å². The van der Waals surface area contributed by atoms with E-state index in [2.05, 4.69) is 0 Å². The van der Waals surface area contributed by atoms with E-state index in [1.54, 1.807) is 24.3 Å². The molecule has 7 heteroatoms. The van der Waals surface area contributed by atoms with E-state index in [1.165, 1.54) is 22.5 Å². The molecule has 1 heterocycles. The van der Waals surface area contributed by atoms with Crippen molar-refractivity contribution in [1.29, 1.82) is 0 Å². The summed E-state index contributed by atoms with van der Waals surface area (Å²) in [5.41, 5.74) is 1.33. The van der Waals surface area contributed by atoms with E-state index in [0.717, 1.165) is 5.56 Å². The molecule has 0 radical (unpaired) electrons. The quantitative estimate of drug-likeness (QED) is 0.614. The van der Waals surface area contributed by atoms with E-state index in [-0.39, 0.29) is 28.8 Å². The van der Waals surface area contributed by atoms with Crippen molar-refractivity contribution in [3.05, 3.63) is 94.8 Å². The second-order valence-corrected chi connectivity index (χ2v) is 8.75. The number of sulfonamides is 1. The van der Waals surface area contributed by atoms with Crippen LogP contribution < -0.4 is 4.74 Å². The topological polar surface area (TPSA) is 46.6 Å². The lowest BCUT2D eigenvalue weighted by molar-refractivity contribution is 0.210. The highest BCUT2D eigenvalue weighted by Gasteiger charge is 2.38. The number of halogens is 2. The first kappa shape index (κ1) is 18.9. The molecular formula is C21H17ClFNO3S. The molecule has 0 spiro atoms. The highest BCUT2D eigenvalue weighted by molar-refractivity contribution is 7.89. The highest BCUT2D eigenvalue weighted by Crippen LogP contribution is 2.41. The molecule has 144 valence electrons. The van der Waals surface area contributed by atoms with Crippen LogP contribution in [0.25, 0.3) is 0 Å². The lowest BCUT2D eigenvalue weighted by atomic mass is 10.1. The molecule has 3 aromatic carbocycles. The summed E-state index contributed by atoms with van der Waals surface area (Å²) in [5.74, 6) is -0.271. The molecule has 0 aromatic heterocycles. The Bertz CT molecular complexity index is 1110. The van der Waals surface area contributed by atoms with Crippen molar-refractivity contribution in [3.63, 3.8) is 0 Å². The van der Waals surface area contributed by atoms with Crippen LogP contribution in [0.1, 0.15) is 17.2 Å². The number of ether oxygens (including phenoxy) is 1. The zero-order chi connectivity index (χ0) is 19.7. The minimum Gasteiger partial charge on any atom is -0.489 e. The monoisotopic (exact) mass is 417 g/mol. The Morgan fingerprint density at radius 3 is 2.54 bits per heavy atom. The molecule has 0 N–H and O–H groups in total. The van der Waals surface area contributed by atoms with Gasteiger partial charge in [-0.25, -0.2) is 12.8 Å². The predicted octanol–water partition coefficient (Wildman–Crippen LogP) is 4.80. The van der Waals surface area contributed by atoms with Crippen LogP contribution in [-0.2, 0) is 16.6 Å². The average Bonchev–Trinajstić information content (AvgIpc) is 2.79. The maximum atomic E-state index is 13.7. The van der Waals surface area contributed by atoms with Gasteiger partial charge >= 0.3 is 0 Å². The van der Waals surface area contributed by atoms with Gasteiger partial charge in [-0.3, -0.25) is 0 Å². The van der Waals surface area contributed by atoms with Gasteiger partial charge in [-0.05, 0) is 35.4 Å². The summed E-state index contributed by atoms with van der Waals surface area (Å²) in [6.45, 7) is 0.101. The third kappa shape index (κ3) is 3.51. The molecule has 1 atom stereocenters. The van der Waals surface area contributed by atoms with Crippen LogP contribution in [0.15, 0.2) is 77.7 Å². The maximum Gasteiger partial charge on any atom is 0.247 e. The number of benzene rings is 3. The summed E-state index contributed by atoms with van der Waals surface area (Å²) in [6.07, 6.45) is 0. The van der Waals surface area contributed by atoms with Crippen molar-refractivity contribution in [3.8, 4) is 5.75 Å². The molecule has 1 aliphatic rings. The molecule has 28 heavy (non-hydrogen) atoms. The van der Waals surface area contributed by atoms with Crippen LogP contribution in [0.4, 0.5) is 4.39 Å². The average molecular weight is 418 g/mol. The van der Waals surface area contributed by atoms with Crippen molar-refractivity contribution < 1.29 is 17.5 Å². The largest absolute Gasteiger partial charge is 0.489 e. The SMILES string of the molecule is O=S1(=O)c2cccc(Cl)c2OCC(c2ccccc2)N1Cc1cccc(F)c1. The minimum absolute atomic E-state index is 0.00890. The molecule has 3 aromatic rings. The van der Waals surface area contributed by atoms with Crippen LogP contribution in [0.3, 0.4) is 0 Å². The first-order chi connectivity index (χ1) is 13.5. The Morgan fingerprint density at radius 1 is 1.04 bits per heavy atom. The van der Waals surface area contributed by atoms with Crippen LogP contribution in [0, 0.1) is 5.82 Å². The lowest BCUT2D eigenvalue weighted by Gasteiger charge is -2.28. The zero-order valence-corrected chi connectivity index (χ0v) is 16.3. The summed E-state index contributed by atoms with van der Waals surface area (Å²) in [7, 11) is -3.95. The number of hydrogen-bond donors (Lipinski definition) is 0. The van der Waals surface area contributed by atoms with Gasteiger partial charge in [0, 0.05) is 6.54 Å². The Labute approximate surface area is 168 Å². The fourth-order valence-corrected chi connectivity index (χ4v) is 5.35. The van der Waals surface area contributed by atoms with E-state index < -0.39 is 21.9 Å². The molecule has 0 saturated heterocycles. The molecule has 1 aliphatic heterocycles. The number of fused-ring (bicyclic) bond motifs is 1. The summed E-state index contributed by atoms with van der Waals surface area (Å²) in [5, 5.41) is 0.237. The molecule has 1 unspecified atom stereocenters. The van der Waals surface area contributed by atoms with Crippen molar-refractivity contribution in [1.82, 2.24) is 4.31 Å². The summed E-state index contributed by atoms with van der Waals surface area (Å²) < 4.78 is 48.0. The number of rotatable bonds is 3. The number of hydrogen-bond acceptors (Lipinski definition) is 3. The Morgan fingerprint density at radius 2 is 1.79 bits per heavy atom. The van der Waals surface area contributed by atoms with Crippen LogP contribution in [0.2, 0.25) is 5.02 Å². The van der Waals surface area contributed by atoms with Gasteiger partial charge in [-0.2, -0.15) is 4.31 Å². The van der Waals surface area contributed by atoms with Gasteiger partial charge in [0.15, 0.2) is 5.75 Å². The van der Waals surface area contributed by atoms with Gasteiger partial charge in [0.2, 0.25) is 10.0 Å². The van der Waals surface area contributed by atoms with Crippen LogP contribution >= 0.6 is 11.6 Å². The van der Waals surface area contributed by atoms with Crippen molar-refractivity contribution in [2.24, 2.45) is 0 Å². The van der Waals surface area contributed by atoms with E-state index in [0.29, 0.717) is 5.56 Å².